The van der Waals surface area contributed by atoms with Gasteiger partial charge in [0.05, 0.1) is 19.8 Å². The van der Waals surface area contributed by atoms with E-state index in [0.717, 1.165) is 51.3 Å². The second-order valence-corrected chi connectivity index (χ2v) is 4.77. The van der Waals surface area contributed by atoms with Crippen molar-refractivity contribution in [3.63, 3.8) is 0 Å². The first-order valence-corrected chi connectivity index (χ1v) is 7.01. The van der Waals surface area contributed by atoms with Crippen LogP contribution < -0.4 is 4.74 Å². The van der Waals surface area contributed by atoms with Crippen LogP contribution >= 0.6 is 0 Å². The maximum atomic E-state index is 13.7. The summed E-state index contributed by atoms with van der Waals surface area (Å²) in [7, 11) is 0. The first-order chi connectivity index (χ1) is 9.29. The van der Waals surface area contributed by atoms with Crippen molar-refractivity contribution in [1.29, 1.82) is 0 Å². The fourth-order valence-electron chi connectivity index (χ4n) is 2.18. The smallest absolute Gasteiger partial charge is 0.165 e. The molecule has 1 aliphatic rings. The van der Waals surface area contributed by atoms with Gasteiger partial charge in [-0.25, -0.2) is 4.39 Å². The van der Waals surface area contributed by atoms with Gasteiger partial charge in [0, 0.05) is 19.6 Å². The van der Waals surface area contributed by atoms with Gasteiger partial charge in [0.15, 0.2) is 11.6 Å². The summed E-state index contributed by atoms with van der Waals surface area (Å²) >= 11 is 0. The summed E-state index contributed by atoms with van der Waals surface area (Å²) in [6.45, 7) is 7.15. The highest BCUT2D eigenvalue weighted by Crippen LogP contribution is 2.18. The molecule has 0 radical (unpaired) electrons. The van der Waals surface area contributed by atoms with Gasteiger partial charge in [-0.2, -0.15) is 0 Å². The highest BCUT2D eigenvalue weighted by molar-refractivity contribution is 5.29. The van der Waals surface area contributed by atoms with Crippen LogP contribution in [-0.4, -0.2) is 44.4 Å². The molecule has 1 aromatic carbocycles. The van der Waals surface area contributed by atoms with Crippen molar-refractivity contribution in [2.45, 2.75) is 19.8 Å². The molecule has 19 heavy (non-hydrogen) atoms. The first kappa shape index (κ1) is 14.3. The van der Waals surface area contributed by atoms with Crippen LogP contribution in [0.4, 0.5) is 4.39 Å². The van der Waals surface area contributed by atoms with Gasteiger partial charge in [0.1, 0.15) is 0 Å². The minimum Gasteiger partial charge on any atom is -0.490 e. The molecule has 1 fully saturated rings. The standard InChI is InChI=1S/C15H22FNO2/c1-2-13-4-5-15(14(16)12-13)19-9-3-6-17-7-10-18-11-8-17/h4-5,12H,2-3,6-11H2,1H3. The van der Waals surface area contributed by atoms with E-state index >= 15 is 0 Å². The van der Waals surface area contributed by atoms with E-state index in [1.54, 1.807) is 12.1 Å². The largest absolute Gasteiger partial charge is 0.490 e. The number of hydrogen-bond acceptors (Lipinski definition) is 3. The van der Waals surface area contributed by atoms with E-state index in [1.807, 2.05) is 13.0 Å². The van der Waals surface area contributed by atoms with E-state index < -0.39 is 0 Å². The van der Waals surface area contributed by atoms with Crippen molar-refractivity contribution in [3.8, 4) is 5.75 Å². The van der Waals surface area contributed by atoms with E-state index in [-0.39, 0.29) is 5.82 Å². The Kier molecular flexibility index (Phi) is 5.61. The van der Waals surface area contributed by atoms with Crippen molar-refractivity contribution in [1.82, 2.24) is 4.90 Å². The number of nitrogens with zero attached hydrogens (tertiary/aromatic N) is 1. The summed E-state index contributed by atoms with van der Waals surface area (Å²) in [5, 5.41) is 0. The highest BCUT2D eigenvalue weighted by Gasteiger charge is 2.10. The predicted octanol–water partition coefficient (Wildman–Crippen LogP) is 2.49. The van der Waals surface area contributed by atoms with Crippen molar-refractivity contribution in [2.75, 3.05) is 39.5 Å². The molecule has 0 unspecified atom stereocenters. The van der Waals surface area contributed by atoms with Crippen LogP contribution in [0.3, 0.4) is 0 Å². The minimum atomic E-state index is -0.259. The molecule has 106 valence electrons. The molecule has 3 nitrogen and oxygen atoms in total. The van der Waals surface area contributed by atoms with Crippen molar-refractivity contribution < 1.29 is 13.9 Å². The average Bonchev–Trinajstić information content (AvgIpc) is 2.46. The Hall–Kier alpha value is -1.13. The summed E-state index contributed by atoms with van der Waals surface area (Å²) in [4.78, 5) is 2.35. The van der Waals surface area contributed by atoms with Gasteiger partial charge in [0.2, 0.25) is 0 Å². The van der Waals surface area contributed by atoms with Crippen LogP contribution in [-0.2, 0) is 11.2 Å². The van der Waals surface area contributed by atoms with Gasteiger partial charge < -0.3 is 9.47 Å². The topological polar surface area (TPSA) is 21.7 Å². The quantitative estimate of drug-likeness (QED) is 0.739. The summed E-state index contributed by atoms with van der Waals surface area (Å²) in [6, 6.07) is 5.20. The third kappa shape index (κ3) is 4.48. The SMILES string of the molecule is CCc1ccc(OCCCN2CCOCC2)c(F)c1. The van der Waals surface area contributed by atoms with Crippen LogP contribution in [0.2, 0.25) is 0 Å². The number of halogens is 1. The number of rotatable bonds is 6. The Morgan fingerprint density at radius 1 is 1.32 bits per heavy atom. The molecule has 0 aromatic heterocycles. The Morgan fingerprint density at radius 2 is 2.11 bits per heavy atom. The van der Waals surface area contributed by atoms with Crippen LogP contribution in [0.15, 0.2) is 18.2 Å². The first-order valence-electron chi connectivity index (χ1n) is 7.01. The predicted molar refractivity (Wildman–Crippen MR) is 73.1 cm³/mol. The van der Waals surface area contributed by atoms with Gasteiger partial charge in [-0.3, -0.25) is 4.90 Å². The molecule has 0 N–H and O–H groups in total. The van der Waals surface area contributed by atoms with Crippen LogP contribution in [0.5, 0.6) is 5.75 Å². The van der Waals surface area contributed by atoms with Crippen LogP contribution in [0.1, 0.15) is 18.9 Å². The summed E-state index contributed by atoms with van der Waals surface area (Å²) in [6.07, 6.45) is 1.75. The third-order valence-corrected chi connectivity index (χ3v) is 3.38. The lowest BCUT2D eigenvalue weighted by molar-refractivity contribution is 0.0357. The van der Waals surface area contributed by atoms with E-state index in [1.165, 1.54) is 0 Å². The van der Waals surface area contributed by atoms with Gasteiger partial charge >= 0.3 is 0 Å². The molecular formula is C15H22FNO2. The maximum Gasteiger partial charge on any atom is 0.165 e. The number of aryl methyl sites for hydroxylation is 1. The van der Waals surface area contributed by atoms with Crippen molar-refractivity contribution in [3.05, 3.63) is 29.6 Å². The normalized spacial score (nSPS) is 16.5. The number of benzene rings is 1. The van der Waals surface area contributed by atoms with E-state index in [2.05, 4.69) is 4.90 Å². The molecule has 0 atom stereocenters. The second-order valence-electron chi connectivity index (χ2n) is 4.77. The number of morpholine rings is 1. The molecular weight excluding hydrogens is 245 g/mol. The summed E-state index contributed by atoms with van der Waals surface area (Å²) in [5.74, 6) is 0.102. The average molecular weight is 267 g/mol. The van der Waals surface area contributed by atoms with Gasteiger partial charge in [-0.1, -0.05) is 13.0 Å². The lowest BCUT2D eigenvalue weighted by Gasteiger charge is -2.26. The molecule has 1 aromatic rings. The van der Waals surface area contributed by atoms with Crippen molar-refractivity contribution in [2.24, 2.45) is 0 Å². The van der Waals surface area contributed by atoms with Crippen molar-refractivity contribution >= 4 is 0 Å². The fraction of sp³-hybridized carbons (Fsp3) is 0.600. The second kappa shape index (κ2) is 7.46. The summed E-state index contributed by atoms with van der Waals surface area (Å²) in [5.41, 5.74) is 0.998. The van der Waals surface area contributed by atoms with E-state index in [4.69, 9.17) is 9.47 Å². The molecule has 1 saturated heterocycles. The zero-order valence-electron chi connectivity index (χ0n) is 11.5. The molecule has 0 bridgehead atoms. The molecule has 2 rings (SSSR count). The van der Waals surface area contributed by atoms with Gasteiger partial charge in [-0.05, 0) is 30.5 Å². The molecule has 1 aliphatic heterocycles. The molecule has 0 saturated carbocycles. The Balaban J connectivity index is 1.70. The third-order valence-electron chi connectivity index (χ3n) is 3.38. The maximum absolute atomic E-state index is 13.7. The Bertz CT molecular complexity index is 392. The molecule has 0 aliphatic carbocycles. The minimum absolute atomic E-state index is 0.259. The van der Waals surface area contributed by atoms with Crippen LogP contribution in [0.25, 0.3) is 0 Å². The zero-order chi connectivity index (χ0) is 13.5. The molecule has 1 heterocycles. The van der Waals surface area contributed by atoms with E-state index in [9.17, 15) is 4.39 Å². The van der Waals surface area contributed by atoms with Gasteiger partial charge in [0.25, 0.3) is 0 Å². The van der Waals surface area contributed by atoms with E-state index in [0.29, 0.717) is 12.4 Å². The zero-order valence-corrected chi connectivity index (χ0v) is 11.5. The number of ether oxygens (including phenoxy) is 2. The molecule has 0 spiro atoms. The molecule has 4 heteroatoms. The van der Waals surface area contributed by atoms with Gasteiger partial charge in [-0.15, -0.1) is 0 Å². The Morgan fingerprint density at radius 3 is 2.79 bits per heavy atom. The Labute approximate surface area is 114 Å². The fourth-order valence-corrected chi connectivity index (χ4v) is 2.18. The molecule has 0 amide bonds. The number of hydrogen-bond donors (Lipinski definition) is 0. The monoisotopic (exact) mass is 267 g/mol. The summed E-state index contributed by atoms with van der Waals surface area (Å²) < 4.78 is 24.5. The lowest BCUT2D eigenvalue weighted by Crippen LogP contribution is -2.37. The lowest BCUT2D eigenvalue weighted by atomic mass is 10.1. The van der Waals surface area contributed by atoms with Crippen LogP contribution in [0, 0.1) is 5.82 Å². The highest BCUT2D eigenvalue weighted by atomic mass is 19.1.